The van der Waals surface area contributed by atoms with Crippen molar-refractivity contribution in [2.45, 2.75) is 56.5 Å². The zero-order chi connectivity index (χ0) is 15.0. The predicted molar refractivity (Wildman–Crippen MR) is 80.5 cm³/mol. The molecule has 1 aliphatic heterocycles. The van der Waals surface area contributed by atoms with E-state index in [0.29, 0.717) is 35.4 Å². The number of fused-ring (bicyclic) bond motifs is 1. The molecule has 2 aliphatic rings. The van der Waals surface area contributed by atoms with Crippen LogP contribution in [0, 0.1) is 12.8 Å². The molecule has 3 rings (SSSR count). The van der Waals surface area contributed by atoms with Crippen molar-refractivity contribution >= 4 is 10.0 Å². The van der Waals surface area contributed by atoms with E-state index < -0.39 is 10.0 Å². The van der Waals surface area contributed by atoms with Gasteiger partial charge >= 0.3 is 0 Å². The second kappa shape index (κ2) is 5.74. The van der Waals surface area contributed by atoms with E-state index in [2.05, 4.69) is 5.32 Å². The van der Waals surface area contributed by atoms with Crippen molar-refractivity contribution in [3.05, 3.63) is 17.6 Å². The van der Waals surface area contributed by atoms with E-state index in [-0.39, 0.29) is 6.04 Å². The van der Waals surface area contributed by atoms with E-state index in [9.17, 15) is 8.42 Å². The molecule has 1 saturated carbocycles. The molecule has 1 aliphatic carbocycles. The van der Waals surface area contributed by atoms with E-state index >= 15 is 0 Å². The fraction of sp³-hybridized carbons (Fsp3) is 0.733. The van der Waals surface area contributed by atoms with E-state index in [1.807, 2.05) is 7.05 Å². The first-order valence-corrected chi connectivity index (χ1v) is 9.24. The van der Waals surface area contributed by atoms with Crippen molar-refractivity contribution in [2.75, 3.05) is 13.6 Å². The van der Waals surface area contributed by atoms with Crippen LogP contribution in [-0.2, 0) is 16.6 Å². The lowest BCUT2D eigenvalue weighted by molar-refractivity contribution is 0.202. The molecule has 118 valence electrons. The minimum atomic E-state index is -3.43. The molecule has 0 radical (unpaired) electrons. The van der Waals surface area contributed by atoms with Gasteiger partial charge in [0.25, 0.3) is 0 Å². The maximum Gasteiger partial charge on any atom is 0.246 e. The van der Waals surface area contributed by atoms with Gasteiger partial charge in [0.15, 0.2) is 0 Å². The maximum atomic E-state index is 13.0. The largest absolute Gasteiger partial charge is 0.464 e. The standard InChI is InChI=1S/C15H24N2O3S/c1-11-15(9-13(20-11)10-16-2)21(18,19)17-8-4-6-12-5-3-7-14(12)17/h9,12,14,16H,3-8,10H2,1-2H3. The van der Waals surface area contributed by atoms with Gasteiger partial charge in [-0.25, -0.2) is 8.42 Å². The molecule has 0 aromatic carbocycles. The van der Waals surface area contributed by atoms with Gasteiger partial charge in [-0.05, 0) is 45.6 Å². The Morgan fingerprint density at radius 1 is 1.33 bits per heavy atom. The molecule has 1 saturated heterocycles. The summed E-state index contributed by atoms with van der Waals surface area (Å²) in [6.45, 7) is 2.93. The Hall–Kier alpha value is -0.850. The first-order valence-electron chi connectivity index (χ1n) is 7.80. The Kier molecular flexibility index (Phi) is 4.12. The lowest BCUT2D eigenvalue weighted by atomic mass is 9.94. The summed E-state index contributed by atoms with van der Waals surface area (Å²) in [5, 5.41) is 2.99. The predicted octanol–water partition coefficient (Wildman–Crippen LogP) is 2.26. The molecular formula is C15H24N2O3S. The number of piperidine rings is 1. The summed E-state index contributed by atoms with van der Waals surface area (Å²) < 4.78 is 33.3. The highest BCUT2D eigenvalue weighted by Gasteiger charge is 2.42. The summed E-state index contributed by atoms with van der Waals surface area (Å²) in [4.78, 5) is 0.347. The van der Waals surface area contributed by atoms with Crippen molar-refractivity contribution < 1.29 is 12.8 Å². The van der Waals surface area contributed by atoms with Crippen molar-refractivity contribution in [2.24, 2.45) is 5.92 Å². The zero-order valence-corrected chi connectivity index (χ0v) is 13.6. The van der Waals surface area contributed by atoms with Gasteiger partial charge in [-0.3, -0.25) is 0 Å². The molecular weight excluding hydrogens is 288 g/mol. The summed E-state index contributed by atoms with van der Waals surface area (Å²) in [7, 11) is -1.61. The van der Waals surface area contributed by atoms with Crippen LogP contribution in [0.1, 0.15) is 43.6 Å². The van der Waals surface area contributed by atoms with Crippen LogP contribution < -0.4 is 5.32 Å². The van der Waals surface area contributed by atoms with Crippen LogP contribution in [0.2, 0.25) is 0 Å². The molecule has 2 atom stereocenters. The van der Waals surface area contributed by atoms with Crippen LogP contribution in [0.25, 0.3) is 0 Å². The van der Waals surface area contributed by atoms with Gasteiger partial charge in [0.2, 0.25) is 10.0 Å². The third-order valence-corrected chi connectivity index (χ3v) is 6.84. The van der Waals surface area contributed by atoms with Crippen molar-refractivity contribution in [1.29, 1.82) is 0 Å². The molecule has 1 aromatic heterocycles. The summed E-state index contributed by atoms with van der Waals surface area (Å²) in [6, 6.07) is 1.88. The molecule has 1 aromatic rings. The van der Waals surface area contributed by atoms with Crippen molar-refractivity contribution in [1.82, 2.24) is 9.62 Å². The molecule has 0 spiro atoms. The van der Waals surface area contributed by atoms with E-state index in [1.165, 1.54) is 12.8 Å². The smallest absolute Gasteiger partial charge is 0.246 e. The summed E-state index contributed by atoms with van der Waals surface area (Å²) >= 11 is 0. The SMILES string of the molecule is CNCc1cc(S(=O)(=O)N2CCCC3CCCC32)c(C)o1. The fourth-order valence-electron chi connectivity index (χ4n) is 3.87. The highest BCUT2D eigenvalue weighted by atomic mass is 32.2. The molecule has 0 amide bonds. The van der Waals surface area contributed by atoms with Crippen LogP contribution in [0.4, 0.5) is 0 Å². The Balaban J connectivity index is 1.92. The Bertz CT molecular complexity index is 608. The number of nitrogens with one attached hydrogen (secondary N) is 1. The Morgan fingerprint density at radius 2 is 2.10 bits per heavy atom. The normalized spacial score (nSPS) is 27.0. The average molecular weight is 312 g/mol. The number of furan rings is 1. The van der Waals surface area contributed by atoms with Gasteiger partial charge in [-0.15, -0.1) is 0 Å². The highest BCUT2D eigenvalue weighted by molar-refractivity contribution is 7.89. The van der Waals surface area contributed by atoms with Gasteiger partial charge in [0.1, 0.15) is 16.4 Å². The number of nitrogens with zero attached hydrogens (tertiary/aromatic N) is 1. The second-order valence-corrected chi connectivity index (χ2v) is 8.04. The van der Waals surface area contributed by atoms with Gasteiger partial charge in [0.05, 0.1) is 6.54 Å². The lowest BCUT2D eigenvalue weighted by Gasteiger charge is -2.36. The van der Waals surface area contributed by atoms with E-state index in [1.54, 1.807) is 17.3 Å². The Labute approximate surface area is 126 Å². The monoisotopic (exact) mass is 312 g/mol. The van der Waals surface area contributed by atoms with Gasteiger partial charge in [-0.1, -0.05) is 6.42 Å². The summed E-state index contributed by atoms with van der Waals surface area (Å²) in [5.74, 6) is 1.73. The van der Waals surface area contributed by atoms with Gasteiger partial charge < -0.3 is 9.73 Å². The molecule has 2 heterocycles. The third-order valence-electron chi connectivity index (χ3n) is 4.80. The van der Waals surface area contributed by atoms with Crippen molar-refractivity contribution in [3.63, 3.8) is 0 Å². The van der Waals surface area contributed by atoms with Crippen LogP contribution in [0.3, 0.4) is 0 Å². The number of rotatable bonds is 4. The first kappa shape index (κ1) is 15.1. The van der Waals surface area contributed by atoms with Crippen molar-refractivity contribution in [3.8, 4) is 0 Å². The molecule has 2 unspecified atom stereocenters. The van der Waals surface area contributed by atoms with E-state index in [0.717, 1.165) is 19.3 Å². The van der Waals surface area contributed by atoms with Crippen LogP contribution in [0.15, 0.2) is 15.4 Å². The molecule has 0 bridgehead atoms. The van der Waals surface area contributed by atoms with Crippen LogP contribution >= 0.6 is 0 Å². The third kappa shape index (κ3) is 2.64. The Morgan fingerprint density at radius 3 is 2.86 bits per heavy atom. The molecule has 6 heteroatoms. The van der Waals surface area contributed by atoms with E-state index in [4.69, 9.17) is 4.42 Å². The number of aryl methyl sites for hydroxylation is 1. The summed E-state index contributed by atoms with van der Waals surface area (Å²) in [6.07, 6.45) is 5.47. The topological polar surface area (TPSA) is 62.6 Å². The molecule has 5 nitrogen and oxygen atoms in total. The van der Waals surface area contributed by atoms with Gasteiger partial charge in [0, 0.05) is 18.7 Å². The fourth-order valence-corrected chi connectivity index (χ4v) is 5.82. The van der Waals surface area contributed by atoms with Gasteiger partial charge in [-0.2, -0.15) is 4.31 Å². The molecule has 21 heavy (non-hydrogen) atoms. The summed E-state index contributed by atoms with van der Waals surface area (Å²) in [5.41, 5.74) is 0. The average Bonchev–Trinajstić information content (AvgIpc) is 3.05. The molecule has 1 N–H and O–H groups in total. The molecule has 2 fully saturated rings. The zero-order valence-electron chi connectivity index (χ0n) is 12.8. The quantitative estimate of drug-likeness (QED) is 0.926. The maximum absolute atomic E-state index is 13.0. The minimum Gasteiger partial charge on any atom is -0.464 e. The van der Waals surface area contributed by atoms with Crippen LogP contribution in [0.5, 0.6) is 0 Å². The second-order valence-electron chi connectivity index (χ2n) is 6.18. The van der Waals surface area contributed by atoms with Crippen LogP contribution in [-0.4, -0.2) is 32.4 Å². The lowest BCUT2D eigenvalue weighted by Crippen LogP contribution is -2.46. The number of hydrogen-bond acceptors (Lipinski definition) is 4. The number of hydrogen-bond donors (Lipinski definition) is 1. The first-order chi connectivity index (χ1) is 10.0. The number of sulfonamides is 1. The highest BCUT2D eigenvalue weighted by Crippen LogP contribution is 2.40. The minimum absolute atomic E-state index is 0.200.